The molecule has 1 aliphatic carbocycles. The molecule has 0 saturated carbocycles. The molecule has 0 amide bonds. The lowest BCUT2D eigenvalue weighted by molar-refractivity contribution is -0.181. The van der Waals surface area contributed by atoms with Gasteiger partial charge in [-0.2, -0.15) is 13.2 Å². The van der Waals surface area contributed by atoms with Gasteiger partial charge in [0.25, 0.3) is 0 Å². The van der Waals surface area contributed by atoms with E-state index in [1.165, 1.54) is 0 Å². The van der Waals surface area contributed by atoms with E-state index in [4.69, 9.17) is 0 Å². The van der Waals surface area contributed by atoms with Gasteiger partial charge in [0.1, 0.15) is 6.61 Å². The Balaban J connectivity index is 2.27. The van der Waals surface area contributed by atoms with Crippen LogP contribution in [0.5, 0.6) is 0 Å². The lowest BCUT2D eigenvalue weighted by Crippen LogP contribution is -2.24. The Morgan fingerprint density at radius 3 is 2.46 bits per heavy atom. The molecule has 0 fully saturated rings. The van der Waals surface area contributed by atoms with Gasteiger partial charge < -0.3 is 4.74 Å². The van der Waals surface area contributed by atoms with Gasteiger partial charge in [-0.25, -0.2) is 0 Å². The van der Waals surface area contributed by atoms with E-state index in [9.17, 15) is 13.2 Å². The predicted octanol–water partition coefficient (Wildman–Crippen LogP) is 2.92. The quantitative estimate of drug-likeness (QED) is 0.614. The third kappa shape index (κ3) is 4.31. The van der Waals surface area contributed by atoms with Gasteiger partial charge in [-0.15, -0.1) is 0 Å². The Bertz CT molecular complexity index is 186. The molecule has 2 unspecified atom stereocenters. The van der Waals surface area contributed by atoms with Crippen LogP contribution >= 0.6 is 0 Å². The molecule has 13 heavy (non-hydrogen) atoms. The summed E-state index contributed by atoms with van der Waals surface area (Å²) in [6.07, 6.45) is 0.659. The molecule has 0 saturated heterocycles. The van der Waals surface area contributed by atoms with E-state index in [1.807, 2.05) is 13.0 Å². The number of alkyl halides is 3. The molecular formula is C9H13F3O. The summed E-state index contributed by atoms with van der Waals surface area (Å²) in [5.41, 5.74) is 0. The molecule has 0 radical (unpaired) electrons. The molecule has 0 heterocycles. The fourth-order valence-electron chi connectivity index (χ4n) is 1.27. The standard InChI is InChI=1S/C9H13F3O/c1-7-2-4-8(5-3-7)13-6-9(10,11)12/h2,4,7-8H,3,5-6H2,1H3. The van der Waals surface area contributed by atoms with Crippen molar-refractivity contribution in [3.63, 3.8) is 0 Å². The van der Waals surface area contributed by atoms with Crippen molar-refractivity contribution in [2.24, 2.45) is 5.92 Å². The minimum atomic E-state index is -4.21. The van der Waals surface area contributed by atoms with Crippen molar-refractivity contribution in [2.75, 3.05) is 6.61 Å². The van der Waals surface area contributed by atoms with Gasteiger partial charge in [-0.05, 0) is 18.8 Å². The number of hydrogen-bond donors (Lipinski definition) is 0. The lowest BCUT2D eigenvalue weighted by Gasteiger charge is -2.21. The summed E-state index contributed by atoms with van der Waals surface area (Å²) in [4.78, 5) is 0. The van der Waals surface area contributed by atoms with Crippen LogP contribution in [0.3, 0.4) is 0 Å². The molecule has 4 heteroatoms. The predicted molar refractivity (Wildman–Crippen MR) is 43.3 cm³/mol. The van der Waals surface area contributed by atoms with Gasteiger partial charge in [0, 0.05) is 0 Å². The summed E-state index contributed by atoms with van der Waals surface area (Å²) < 4.78 is 39.9. The zero-order chi connectivity index (χ0) is 9.90. The highest BCUT2D eigenvalue weighted by atomic mass is 19.4. The highest BCUT2D eigenvalue weighted by Gasteiger charge is 2.29. The molecule has 0 aromatic carbocycles. The van der Waals surface area contributed by atoms with Crippen LogP contribution in [0.2, 0.25) is 0 Å². The Morgan fingerprint density at radius 1 is 1.31 bits per heavy atom. The van der Waals surface area contributed by atoms with Crippen LogP contribution in [0.4, 0.5) is 13.2 Å². The van der Waals surface area contributed by atoms with Crippen LogP contribution in [-0.4, -0.2) is 18.9 Å². The van der Waals surface area contributed by atoms with Crippen LogP contribution in [0, 0.1) is 5.92 Å². The average Bonchev–Trinajstić information content (AvgIpc) is 2.02. The first kappa shape index (κ1) is 10.6. The van der Waals surface area contributed by atoms with Crippen molar-refractivity contribution in [3.05, 3.63) is 12.2 Å². The highest BCUT2D eigenvalue weighted by molar-refractivity contribution is 4.97. The molecule has 1 aliphatic rings. The second-order valence-corrected chi connectivity index (χ2v) is 3.40. The number of hydrogen-bond acceptors (Lipinski definition) is 1. The molecule has 0 aliphatic heterocycles. The molecule has 0 N–H and O–H groups in total. The van der Waals surface area contributed by atoms with Crippen LogP contribution in [0.1, 0.15) is 19.8 Å². The van der Waals surface area contributed by atoms with Gasteiger partial charge in [-0.3, -0.25) is 0 Å². The zero-order valence-electron chi connectivity index (χ0n) is 7.47. The number of halogens is 3. The number of ether oxygens (including phenoxy) is 1. The summed E-state index contributed by atoms with van der Waals surface area (Å²) in [5, 5.41) is 0. The third-order valence-corrected chi connectivity index (χ3v) is 2.02. The first-order valence-electron chi connectivity index (χ1n) is 4.34. The first-order valence-corrected chi connectivity index (χ1v) is 4.34. The second-order valence-electron chi connectivity index (χ2n) is 3.40. The molecule has 1 rings (SSSR count). The normalized spacial score (nSPS) is 29.2. The van der Waals surface area contributed by atoms with Crippen molar-refractivity contribution in [1.82, 2.24) is 0 Å². The fourth-order valence-corrected chi connectivity index (χ4v) is 1.27. The van der Waals surface area contributed by atoms with E-state index in [2.05, 4.69) is 4.74 Å². The second kappa shape index (κ2) is 4.13. The van der Waals surface area contributed by atoms with Gasteiger partial charge in [-0.1, -0.05) is 19.1 Å². The Morgan fingerprint density at radius 2 is 2.00 bits per heavy atom. The molecule has 2 atom stereocenters. The van der Waals surface area contributed by atoms with E-state index in [0.717, 1.165) is 6.42 Å². The van der Waals surface area contributed by atoms with E-state index >= 15 is 0 Å². The zero-order valence-corrected chi connectivity index (χ0v) is 7.47. The molecule has 0 spiro atoms. The van der Waals surface area contributed by atoms with Gasteiger partial charge >= 0.3 is 6.18 Å². The third-order valence-electron chi connectivity index (χ3n) is 2.02. The Kier molecular flexibility index (Phi) is 3.36. The lowest BCUT2D eigenvalue weighted by atomic mass is 9.96. The monoisotopic (exact) mass is 194 g/mol. The van der Waals surface area contributed by atoms with E-state index < -0.39 is 12.8 Å². The number of rotatable bonds is 2. The first-order chi connectivity index (χ1) is 5.97. The molecular weight excluding hydrogens is 181 g/mol. The average molecular weight is 194 g/mol. The molecule has 0 aromatic rings. The van der Waals surface area contributed by atoms with Crippen molar-refractivity contribution in [3.8, 4) is 0 Å². The minimum absolute atomic E-state index is 0.349. The topological polar surface area (TPSA) is 9.23 Å². The van der Waals surface area contributed by atoms with Crippen LogP contribution in [-0.2, 0) is 4.74 Å². The number of allylic oxidation sites excluding steroid dienone is 1. The van der Waals surface area contributed by atoms with Crippen molar-refractivity contribution >= 4 is 0 Å². The smallest absolute Gasteiger partial charge is 0.365 e. The fraction of sp³-hybridized carbons (Fsp3) is 0.778. The summed E-state index contributed by atoms with van der Waals surface area (Å²) in [6, 6.07) is 0. The van der Waals surface area contributed by atoms with Gasteiger partial charge in [0.15, 0.2) is 0 Å². The van der Waals surface area contributed by atoms with Crippen LogP contribution in [0.25, 0.3) is 0 Å². The minimum Gasteiger partial charge on any atom is -0.365 e. The summed E-state index contributed by atoms with van der Waals surface area (Å²) in [5.74, 6) is 0.464. The van der Waals surface area contributed by atoms with E-state index in [1.54, 1.807) is 6.08 Å². The summed E-state index contributed by atoms with van der Waals surface area (Å²) in [7, 11) is 0. The largest absolute Gasteiger partial charge is 0.411 e. The van der Waals surface area contributed by atoms with Crippen LogP contribution in [0.15, 0.2) is 12.2 Å². The Labute approximate surface area is 75.6 Å². The molecule has 0 bridgehead atoms. The summed E-state index contributed by atoms with van der Waals surface area (Å²) in [6.45, 7) is 0.896. The molecule has 1 nitrogen and oxygen atoms in total. The van der Waals surface area contributed by atoms with Crippen molar-refractivity contribution in [1.29, 1.82) is 0 Å². The maximum absolute atomic E-state index is 11.7. The van der Waals surface area contributed by atoms with Gasteiger partial charge in [0.2, 0.25) is 0 Å². The van der Waals surface area contributed by atoms with E-state index in [0.29, 0.717) is 12.3 Å². The SMILES string of the molecule is CC1C=CC(OCC(F)(F)F)CC1. The summed E-state index contributed by atoms with van der Waals surface area (Å²) >= 11 is 0. The van der Waals surface area contributed by atoms with Crippen molar-refractivity contribution < 1.29 is 17.9 Å². The van der Waals surface area contributed by atoms with Crippen molar-refractivity contribution in [2.45, 2.75) is 32.0 Å². The highest BCUT2D eigenvalue weighted by Crippen LogP contribution is 2.22. The molecule has 76 valence electrons. The maximum atomic E-state index is 11.7. The van der Waals surface area contributed by atoms with Gasteiger partial charge in [0.05, 0.1) is 6.10 Å². The van der Waals surface area contributed by atoms with Crippen LogP contribution < -0.4 is 0 Å². The maximum Gasteiger partial charge on any atom is 0.411 e. The molecule has 0 aromatic heterocycles. The Hall–Kier alpha value is -0.510. The van der Waals surface area contributed by atoms with E-state index in [-0.39, 0.29) is 6.10 Å².